The molecule has 1 N–H and O–H groups in total. The molecule has 1 unspecified atom stereocenters. The van der Waals surface area contributed by atoms with Gasteiger partial charge in [0, 0.05) is 17.4 Å². The zero-order chi connectivity index (χ0) is 14.5. The normalized spacial score (nSPS) is 22.1. The maximum Gasteiger partial charge on any atom is 0.304 e. The van der Waals surface area contributed by atoms with E-state index < -0.39 is 5.97 Å². The number of carboxylic acids is 1. The number of carbonyl (C=O) groups is 1. The number of rotatable bonds is 4. The number of aliphatic carboxylic acids is 1. The molecule has 1 fully saturated rings. The zero-order valence-corrected chi connectivity index (χ0v) is 12.3. The number of ether oxygens (including phenoxy) is 2. The van der Waals surface area contributed by atoms with Crippen LogP contribution in [0.5, 0.6) is 11.5 Å². The van der Waals surface area contributed by atoms with E-state index in [4.69, 9.17) is 26.2 Å². The number of benzene rings is 1. The summed E-state index contributed by atoms with van der Waals surface area (Å²) < 4.78 is 11.2. The van der Waals surface area contributed by atoms with E-state index in [1.54, 1.807) is 7.11 Å². The van der Waals surface area contributed by atoms with Crippen LogP contribution >= 0.6 is 11.6 Å². The highest BCUT2D eigenvalue weighted by Gasteiger charge is 2.48. The van der Waals surface area contributed by atoms with Crippen LogP contribution in [0.2, 0.25) is 5.02 Å². The molecule has 1 aliphatic heterocycles. The lowest BCUT2D eigenvalue weighted by Gasteiger charge is -2.19. The molecule has 0 radical (unpaired) electrons. The Bertz CT molecular complexity index is 578. The van der Waals surface area contributed by atoms with Gasteiger partial charge in [-0.3, -0.25) is 4.79 Å². The van der Waals surface area contributed by atoms with Crippen molar-refractivity contribution in [2.24, 2.45) is 0 Å². The monoisotopic (exact) mass is 296 g/mol. The second-order valence-electron chi connectivity index (χ2n) is 5.73. The van der Waals surface area contributed by atoms with Gasteiger partial charge in [0.05, 0.1) is 18.6 Å². The molecule has 3 rings (SSSR count). The van der Waals surface area contributed by atoms with E-state index in [0.29, 0.717) is 16.5 Å². The number of hydrogen-bond acceptors (Lipinski definition) is 3. The third-order valence-electron chi connectivity index (χ3n) is 4.22. The van der Waals surface area contributed by atoms with Crippen LogP contribution in [-0.4, -0.2) is 24.3 Å². The number of hydrogen-bond donors (Lipinski definition) is 1. The lowest BCUT2D eigenvalue weighted by molar-refractivity contribution is -0.137. The van der Waals surface area contributed by atoms with Crippen LogP contribution < -0.4 is 9.47 Å². The highest BCUT2D eigenvalue weighted by Crippen LogP contribution is 2.57. The lowest BCUT2D eigenvalue weighted by atomic mass is 9.90. The molecule has 1 aliphatic carbocycles. The minimum Gasteiger partial charge on any atom is -0.493 e. The fourth-order valence-corrected chi connectivity index (χ4v) is 3.45. The molecule has 0 aromatic heterocycles. The van der Waals surface area contributed by atoms with E-state index in [1.165, 1.54) is 0 Å². The number of fused-ring (bicyclic) bond motifs is 1. The molecule has 1 aromatic carbocycles. The van der Waals surface area contributed by atoms with Crippen LogP contribution in [0.25, 0.3) is 0 Å². The summed E-state index contributed by atoms with van der Waals surface area (Å²) in [7, 11) is 1.59. The minimum atomic E-state index is -0.789. The number of methoxy groups -OCH3 is 1. The van der Waals surface area contributed by atoms with Crippen molar-refractivity contribution in [1.29, 1.82) is 0 Å². The molecule has 1 saturated carbocycles. The Morgan fingerprint density at radius 1 is 1.60 bits per heavy atom. The highest BCUT2D eigenvalue weighted by molar-refractivity contribution is 6.32. The average Bonchev–Trinajstić information content (AvgIpc) is 3.02. The largest absolute Gasteiger partial charge is 0.493 e. The second kappa shape index (κ2) is 4.55. The molecule has 0 amide bonds. The summed E-state index contributed by atoms with van der Waals surface area (Å²) in [6, 6.07) is 1.86. The van der Waals surface area contributed by atoms with Gasteiger partial charge >= 0.3 is 5.97 Å². The smallest absolute Gasteiger partial charge is 0.304 e. The van der Waals surface area contributed by atoms with Gasteiger partial charge in [-0.2, -0.15) is 0 Å². The van der Waals surface area contributed by atoms with Gasteiger partial charge in [-0.15, -0.1) is 0 Å². The Kier molecular flexibility index (Phi) is 3.09. The molecule has 1 heterocycles. The van der Waals surface area contributed by atoms with Crippen LogP contribution in [0.1, 0.15) is 37.3 Å². The quantitative estimate of drug-likeness (QED) is 0.927. The Hall–Kier alpha value is -1.42. The van der Waals surface area contributed by atoms with Crippen molar-refractivity contribution >= 4 is 17.6 Å². The van der Waals surface area contributed by atoms with Gasteiger partial charge in [-0.05, 0) is 31.4 Å². The summed E-state index contributed by atoms with van der Waals surface area (Å²) in [5.74, 6) is 0.572. The minimum absolute atomic E-state index is 0.0706. The topological polar surface area (TPSA) is 55.8 Å². The van der Waals surface area contributed by atoms with E-state index in [0.717, 1.165) is 30.4 Å². The maximum atomic E-state index is 11.1. The molecule has 108 valence electrons. The van der Waals surface area contributed by atoms with Gasteiger partial charge < -0.3 is 14.6 Å². The molecular weight excluding hydrogens is 280 g/mol. The first-order valence-electron chi connectivity index (χ1n) is 6.75. The summed E-state index contributed by atoms with van der Waals surface area (Å²) in [6.45, 7) is 1.99. The predicted molar refractivity (Wildman–Crippen MR) is 75.0 cm³/mol. The zero-order valence-electron chi connectivity index (χ0n) is 11.5. The Morgan fingerprint density at radius 2 is 2.30 bits per heavy atom. The average molecular weight is 297 g/mol. The van der Waals surface area contributed by atoms with E-state index in [2.05, 4.69) is 0 Å². The molecule has 0 saturated heterocycles. The molecule has 5 heteroatoms. The van der Waals surface area contributed by atoms with E-state index in [9.17, 15) is 4.79 Å². The Morgan fingerprint density at radius 3 is 2.85 bits per heavy atom. The van der Waals surface area contributed by atoms with E-state index >= 15 is 0 Å². The first-order valence-corrected chi connectivity index (χ1v) is 7.13. The van der Waals surface area contributed by atoms with Gasteiger partial charge in [0.1, 0.15) is 6.10 Å². The van der Waals surface area contributed by atoms with Crippen molar-refractivity contribution in [1.82, 2.24) is 0 Å². The molecule has 2 aliphatic rings. The van der Waals surface area contributed by atoms with Crippen molar-refractivity contribution in [3.63, 3.8) is 0 Å². The molecular formula is C15H17ClO4. The summed E-state index contributed by atoms with van der Waals surface area (Å²) in [6.07, 6.45) is 2.64. The Balaban J connectivity index is 2.10. The fourth-order valence-electron chi connectivity index (χ4n) is 3.03. The third-order valence-corrected chi connectivity index (χ3v) is 4.65. The van der Waals surface area contributed by atoms with Crippen LogP contribution in [0, 0.1) is 0 Å². The first-order chi connectivity index (χ1) is 9.47. The van der Waals surface area contributed by atoms with Crippen LogP contribution in [0.15, 0.2) is 6.07 Å². The summed E-state index contributed by atoms with van der Waals surface area (Å²) in [5.41, 5.74) is 1.52. The molecule has 1 aromatic rings. The van der Waals surface area contributed by atoms with Crippen LogP contribution in [0.4, 0.5) is 0 Å². The van der Waals surface area contributed by atoms with Crippen molar-refractivity contribution < 1.29 is 19.4 Å². The van der Waals surface area contributed by atoms with Gasteiger partial charge in [0.15, 0.2) is 11.5 Å². The van der Waals surface area contributed by atoms with E-state index in [-0.39, 0.29) is 17.9 Å². The fraction of sp³-hybridized carbons (Fsp3) is 0.533. The van der Waals surface area contributed by atoms with E-state index in [1.807, 2.05) is 13.0 Å². The molecule has 4 nitrogen and oxygen atoms in total. The van der Waals surface area contributed by atoms with Gasteiger partial charge in [0.25, 0.3) is 0 Å². The van der Waals surface area contributed by atoms with Crippen molar-refractivity contribution in [3.8, 4) is 11.5 Å². The second-order valence-corrected chi connectivity index (χ2v) is 6.11. The van der Waals surface area contributed by atoms with Gasteiger partial charge in [-0.25, -0.2) is 0 Å². The standard InChI is InChI=1S/C15H17ClO4/c1-8-5-9-13(16)10(6-11(19-2)14(9)20-8)15(3-4-15)7-12(17)18/h6,8H,3-5,7H2,1-2H3,(H,17,18). The SMILES string of the molecule is COc1cc(C2(CC(=O)O)CC2)c(Cl)c2c1OC(C)C2. The van der Waals surface area contributed by atoms with Crippen molar-refractivity contribution in [3.05, 3.63) is 22.2 Å². The lowest BCUT2D eigenvalue weighted by Crippen LogP contribution is -2.14. The summed E-state index contributed by atoms with van der Waals surface area (Å²) in [5, 5.41) is 9.76. The highest BCUT2D eigenvalue weighted by atomic mass is 35.5. The molecule has 20 heavy (non-hydrogen) atoms. The van der Waals surface area contributed by atoms with Gasteiger partial charge in [-0.1, -0.05) is 11.6 Å². The molecule has 1 atom stereocenters. The first kappa shape index (κ1) is 13.6. The predicted octanol–water partition coefficient (Wildman–Crippen LogP) is 3.18. The van der Waals surface area contributed by atoms with Crippen LogP contribution in [-0.2, 0) is 16.6 Å². The number of carboxylic acid groups (broad SMARTS) is 1. The Labute approximate surface area is 122 Å². The molecule has 0 spiro atoms. The maximum absolute atomic E-state index is 11.1. The summed E-state index contributed by atoms with van der Waals surface area (Å²) in [4.78, 5) is 11.1. The summed E-state index contributed by atoms with van der Waals surface area (Å²) >= 11 is 6.53. The van der Waals surface area contributed by atoms with Crippen molar-refractivity contribution in [2.45, 2.75) is 44.1 Å². The van der Waals surface area contributed by atoms with Crippen molar-refractivity contribution in [2.75, 3.05) is 7.11 Å². The van der Waals surface area contributed by atoms with Gasteiger partial charge in [0.2, 0.25) is 0 Å². The van der Waals surface area contributed by atoms with Crippen LogP contribution in [0.3, 0.4) is 0 Å². The molecule has 0 bridgehead atoms. The third kappa shape index (κ3) is 2.03. The number of halogens is 1.